The van der Waals surface area contributed by atoms with Gasteiger partial charge in [-0.1, -0.05) is 44.2 Å². The fourth-order valence-electron chi connectivity index (χ4n) is 3.67. The molecule has 0 spiro atoms. The maximum absolute atomic E-state index is 10.8. The third-order valence-electron chi connectivity index (χ3n) is 5.37. The van der Waals surface area contributed by atoms with Gasteiger partial charge in [0, 0.05) is 11.0 Å². The molecule has 0 fully saturated rings. The van der Waals surface area contributed by atoms with Crippen LogP contribution in [-0.2, 0) is 10.2 Å². The highest BCUT2D eigenvalue weighted by Gasteiger charge is 2.33. The maximum Gasteiger partial charge on any atom is 0.150 e. The van der Waals surface area contributed by atoms with Crippen LogP contribution >= 0.6 is 22.6 Å². The third-order valence-corrected chi connectivity index (χ3v) is 5.59. The quantitative estimate of drug-likeness (QED) is 0.219. The SMILES string of the molecule is CC(C)(I)OC1(C)C=CC(C(C)(C)c2ccc(Oc3ccc(C=O)cc3)cc2)=CC1. The van der Waals surface area contributed by atoms with Crippen LogP contribution in [0.5, 0.6) is 11.5 Å². The first kappa shape index (κ1) is 22.8. The fourth-order valence-corrected chi connectivity index (χ4v) is 4.17. The van der Waals surface area contributed by atoms with E-state index < -0.39 is 0 Å². The molecule has 2 aromatic rings. The van der Waals surface area contributed by atoms with Gasteiger partial charge in [-0.25, -0.2) is 0 Å². The largest absolute Gasteiger partial charge is 0.457 e. The molecule has 0 N–H and O–H groups in total. The number of allylic oxidation sites excluding steroid dienone is 2. The smallest absolute Gasteiger partial charge is 0.150 e. The number of aldehydes is 1. The van der Waals surface area contributed by atoms with Crippen molar-refractivity contribution in [3.8, 4) is 11.5 Å². The Hall–Kier alpha value is -1.92. The molecule has 4 heteroatoms. The topological polar surface area (TPSA) is 35.5 Å². The molecule has 3 rings (SSSR count). The van der Waals surface area contributed by atoms with Gasteiger partial charge >= 0.3 is 0 Å². The van der Waals surface area contributed by atoms with Crippen molar-refractivity contribution in [2.45, 2.75) is 55.7 Å². The molecule has 1 aliphatic rings. The summed E-state index contributed by atoms with van der Waals surface area (Å²) in [7, 11) is 0. The first-order valence-corrected chi connectivity index (χ1v) is 11.2. The average molecular weight is 516 g/mol. The Kier molecular flexibility index (Phi) is 6.58. The molecule has 2 aromatic carbocycles. The van der Waals surface area contributed by atoms with E-state index in [1.165, 1.54) is 11.1 Å². The van der Waals surface area contributed by atoms with Gasteiger partial charge in [-0.3, -0.25) is 4.79 Å². The fraction of sp³-hybridized carbons (Fsp3) is 0.346. The van der Waals surface area contributed by atoms with Gasteiger partial charge in [0.2, 0.25) is 0 Å². The van der Waals surface area contributed by atoms with Crippen molar-refractivity contribution in [2.75, 3.05) is 0 Å². The molecule has 30 heavy (non-hydrogen) atoms. The molecule has 0 saturated carbocycles. The second kappa shape index (κ2) is 8.67. The maximum atomic E-state index is 10.8. The van der Waals surface area contributed by atoms with Crippen molar-refractivity contribution in [2.24, 2.45) is 0 Å². The van der Waals surface area contributed by atoms with E-state index in [2.05, 4.69) is 87.6 Å². The number of rotatable bonds is 7. The minimum atomic E-state index is -0.276. The van der Waals surface area contributed by atoms with Crippen molar-refractivity contribution in [1.82, 2.24) is 0 Å². The normalized spacial score (nSPS) is 19.3. The predicted octanol–water partition coefficient (Wildman–Crippen LogP) is 7.40. The third kappa shape index (κ3) is 5.61. The number of ether oxygens (including phenoxy) is 2. The summed E-state index contributed by atoms with van der Waals surface area (Å²) in [5.74, 6) is 1.48. The predicted molar refractivity (Wildman–Crippen MR) is 131 cm³/mol. The summed E-state index contributed by atoms with van der Waals surface area (Å²) < 4.78 is 11.9. The zero-order chi connectivity index (χ0) is 22.0. The molecule has 0 amide bonds. The lowest BCUT2D eigenvalue weighted by Gasteiger charge is -2.37. The van der Waals surface area contributed by atoms with E-state index >= 15 is 0 Å². The summed E-state index contributed by atoms with van der Waals surface area (Å²) in [6.45, 7) is 10.8. The van der Waals surface area contributed by atoms with E-state index in [0.717, 1.165) is 18.5 Å². The van der Waals surface area contributed by atoms with Crippen LogP contribution in [-0.4, -0.2) is 15.5 Å². The lowest BCUT2D eigenvalue weighted by atomic mass is 9.74. The highest BCUT2D eigenvalue weighted by molar-refractivity contribution is 14.1. The van der Waals surface area contributed by atoms with Gasteiger partial charge < -0.3 is 9.47 Å². The molecule has 0 radical (unpaired) electrons. The van der Waals surface area contributed by atoms with E-state index in [9.17, 15) is 4.79 Å². The lowest BCUT2D eigenvalue weighted by molar-refractivity contribution is -0.0437. The molecule has 0 aliphatic heterocycles. The van der Waals surface area contributed by atoms with Crippen molar-refractivity contribution < 1.29 is 14.3 Å². The van der Waals surface area contributed by atoms with Crippen LogP contribution in [0, 0.1) is 0 Å². The summed E-state index contributed by atoms with van der Waals surface area (Å²) in [5, 5.41) is 0. The van der Waals surface area contributed by atoms with Crippen LogP contribution < -0.4 is 4.74 Å². The van der Waals surface area contributed by atoms with Gasteiger partial charge in [0.25, 0.3) is 0 Å². The Morgan fingerprint density at radius 2 is 1.53 bits per heavy atom. The van der Waals surface area contributed by atoms with E-state index in [1.54, 1.807) is 24.3 Å². The van der Waals surface area contributed by atoms with Crippen molar-refractivity contribution in [3.63, 3.8) is 0 Å². The molecule has 1 aliphatic carbocycles. The van der Waals surface area contributed by atoms with Crippen LogP contribution in [0.25, 0.3) is 0 Å². The second-order valence-electron chi connectivity index (χ2n) is 8.91. The van der Waals surface area contributed by atoms with E-state index in [-0.39, 0.29) is 14.6 Å². The average Bonchev–Trinajstić information content (AvgIpc) is 2.67. The zero-order valence-corrected chi connectivity index (χ0v) is 20.4. The minimum absolute atomic E-state index is 0.123. The second-order valence-corrected chi connectivity index (χ2v) is 11.5. The minimum Gasteiger partial charge on any atom is -0.457 e. The van der Waals surface area contributed by atoms with Gasteiger partial charge in [0.1, 0.15) is 21.4 Å². The Labute approximate surface area is 193 Å². The van der Waals surface area contributed by atoms with Gasteiger partial charge in [-0.15, -0.1) is 0 Å². The Balaban J connectivity index is 1.71. The number of hydrogen-bond acceptors (Lipinski definition) is 3. The number of alkyl halides is 1. The molecular weight excluding hydrogens is 487 g/mol. The van der Waals surface area contributed by atoms with Crippen LogP contribution in [0.3, 0.4) is 0 Å². The number of halogens is 1. The number of carbonyl (C=O) groups excluding carboxylic acids is 1. The van der Waals surface area contributed by atoms with E-state index in [0.29, 0.717) is 11.3 Å². The van der Waals surface area contributed by atoms with Gasteiger partial charge in [0.05, 0.1) is 5.60 Å². The summed E-state index contributed by atoms with van der Waals surface area (Å²) in [6.07, 6.45) is 8.36. The lowest BCUT2D eigenvalue weighted by Crippen LogP contribution is -2.35. The van der Waals surface area contributed by atoms with Crippen LogP contribution in [0.15, 0.2) is 72.3 Å². The zero-order valence-electron chi connectivity index (χ0n) is 18.2. The van der Waals surface area contributed by atoms with Crippen molar-refractivity contribution in [3.05, 3.63) is 83.5 Å². The highest BCUT2D eigenvalue weighted by atomic mass is 127. The van der Waals surface area contributed by atoms with Crippen molar-refractivity contribution >= 4 is 28.9 Å². The Bertz CT molecular complexity index is 947. The summed E-state index contributed by atoms with van der Waals surface area (Å²) in [5.41, 5.74) is 2.74. The number of benzene rings is 2. The Morgan fingerprint density at radius 1 is 0.967 bits per heavy atom. The molecular formula is C26H29IO3. The van der Waals surface area contributed by atoms with E-state index in [4.69, 9.17) is 9.47 Å². The van der Waals surface area contributed by atoms with Gasteiger partial charge in [-0.2, -0.15) is 0 Å². The molecule has 0 bridgehead atoms. The van der Waals surface area contributed by atoms with Crippen molar-refractivity contribution in [1.29, 1.82) is 0 Å². The first-order chi connectivity index (χ1) is 14.0. The van der Waals surface area contributed by atoms with Crippen LogP contribution in [0.4, 0.5) is 0 Å². The summed E-state index contributed by atoms with van der Waals surface area (Å²) in [6, 6.07) is 15.3. The van der Waals surface area contributed by atoms with Crippen LogP contribution in [0.1, 0.15) is 57.0 Å². The molecule has 1 atom stereocenters. The molecule has 3 nitrogen and oxygen atoms in total. The monoisotopic (exact) mass is 516 g/mol. The van der Waals surface area contributed by atoms with Gasteiger partial charge in [-0.05, 0) is 97.3 Å². The molecule has 0 aromatic heterocycles. The van der Waals surface area contributed by atoms with Gasteiger partial charge in [0.15, 0.2) is 0 Å². The first-order valence-electron chi connectivity index (χ1n) is 10.1. The Morgan fingerprint density at radius 3 is 2.00 bits per heavy atom. The number of hydrogen-bond donors (Lipinski definition) is 0. The summed E-state index contributed by atoms with van der Waals surface area (Å²) >= 11 is 2.33. The number of carbonyl (C=O) groups is 1. The highest BCUT2D eigenvalue weighted by Crippen LogP contribution is 2.39. The van der Waals surface area contributed by atoms with E-state index in [1.807, 2.05) is 12.1 Å². The standard InChI is InChI=1S/C26H29IO3/c1-24(2,21-14-16-26(5,17-15-21)30-25(3,4)27)20-8-12-23(13-9-20)29-22-10-6-19(18-28)7-11-22/h6-16,18H,17H2,1-5H3. The van der Waals surface area contributed by atoms with Crippen LogP contribution in [0.2, 0.25) is 0 Å². The molecule has 1 unspecified atom stereocenters. The molecule has 0 saturated heterocycles. The summed E-state index contributed by atoms with van der Waals surface area (Å²) in [4.78, 5) is 10.8. The molecule has 158 valence electrons. The molecule has 0 heterocycles.